The van der Waals surface area contributed by atoms with Crippen LogP contribution in [0, 0.1) is 0 Å². The van der Waals surface area contributed by atoms with Crippen molar-refractivity contribution in [1.82, 2.24) is 10.2 Å². The fourth-order valence-electron chi connectivity index (χ4n) is 3.71. The van der Waals surface area contributed by atoms with Gasteiger partial charge in [-0.2, -0.15) is 0 Å². The molecule has 0 aliphatic heterocycles. The summed E-state index contributed by atoms with van der Waals surface area (Å²) in [5.74, 6) is 0.117. The molecular weight excluding hydrogens is 448 g/mol. The van der Waals surface area contributed by atoms with Gasteiger partial charge >= 0.3 is 0 Å². The second-order valence-corrected chi connectivity index (χ2v) is 8.41. The monoisotopic (exact) mass is 478 g/mol. The third-order valence-electron chi connectivity index (χ3n) is 5.61. The number of carbonyl (C=O) groups is 2. The van der Waals surface area contributed by atoms with Crippen molar-refractivity contribution in [2.24, 2.45) is 0 Å². The summed E-state index contributed by atoms with van der Waals surface area (Å²) in [4.78, 5) is 28.2. The van der Waals surface area contributed by atoms with E-state index in [0.717, 1.165) is 17.5 Å². The molecule has 1 N–H and O–H groups in total. The van der Waals surface area contributed by atoms with Crippen LogP contribution in [0.15, 0.2) is 78.9 Å². The molecule has 3 rings (SSSR count). The van der Waals surface area contributed by atoms with Gasteiger partial charge in [-0.15, -0.1) is 0 Å². The van der Waals surface area contributed by atoms with E-state index < -0.39 is 6.04 Å². The van der Waals surface area contributed by atoms with Crippen molar-refractivity contribution in [1.29, 1.82) is 0 Å². The first-order valence-corrected chi connectivity index (χ1v) is 12.0. The second-order valence-electron chi connectivity index (χ2n) is 8.00. The maximum atomic E-state index is 13.5. The molecule has 5 nitrogen and oxygen atoms in total. The number of nitrogens with zero attached hydrogens (tertiary/aromatic N) is 1. The first-order chi connectivity index (χ1) is 16.5. The third-order valence-corrected chi connectivity index (χ3v) is 5.98. The van der Waals surface area contributed by atoms with Crippen molar-refractivity contribution in [3.63, 3.8) is 0 Å². The number of hydrogen-bond acceptors (Lipinski definition) is 3. The maximum Gasteiger partial charge on any atom is 0.261 e. The number of carbonyl (C=O) groups excluding carboxylic acids is 2. The Bertz CT molecular complexity index is 1070. The summed E-state index contributed by atoms with van der Waals surface area (Å²) in [7, 11) is 0. The van der Waals surface area contributed by atoms with Gasteiger partial charge in [0.25, 0.3) is 5.91 Å². The Hall–Kier alpha value is -3.31. The zero-order valence-corrected chi connectivity index (χ0v) is 20.4. The number of ether oxygens (including phenoxy) is 1. The van der Waals surface area contributed by atoms with E-state index in [-0.39, 0.29) is 25.0 Å². The molecule has 0 heterocycles. The van der Waals surface area contributed by atoms with Crippen molar-refractivity contribution >= 4 is 23.4 Å². The van der Waals surface area contributed by atoms with E-state index in [1.54, 1.807) is 11.0 Å². The molecule has 178 valence electrons. The third kappa shape index (κ3) is 7.09. The molecular formula is C28H31ClN2O3. The molecule has 34 heavy (non-hydrogen) atoms. The van der Waals surface area contributed by atoms with Crippen molar-refractivity contribution in [3.05, 3.63) is 101 Å². The lowest BCUT2D eigenvalue weighted by Gasteiger charge is -2.31. The van der Waals surface area contributed by atoms with E-state index >= 15 is 0 Å². The van der Waals surface area contributed by atoms with Gasteiger partial charge in [0.2, 0.25) is 5.91 Å². The van der Waals surface area contributed by atoms with Gasteiger partial charge in [0.1, 0.15) is 11.8 Å². The smallest absolute Gasteiger partial charge is 0.261 e. The fourth-order valence-corrected chi connectivity index (χ4v) is 3.90. The van der Waals surface area contributed by atoms with Crippen LogP contribution in [-0.2, 0) is 29.0 Å². The molecule has 0 saturated heterocycles. The lowest BCUT2D eigenvalue weighted by Crippen LogP contribution is -2.51. The Morgan fingerprint density at radius 3 is 2.24 bits per heavy atom. The summed E-state index contributed by atoms with van der Waals surface area (Å²) < 4.78 is 5.80. The summed E-state index contributed by atoms with van der Waals surface area (Å²) >= 11 is 6.41. The molecule has 0 aliphatic carbocycles. The van der Waals surface area contributed by atoms with Crippen LogP contribution in [0.5, 0.6) is 5.75 Å². The van der Waals surface area contributed by atoms with Crippen LogP contribution in [0.4, 0.5) is 0 Å². The first kappa shape index (κ1) is 25.3. The molecule has 3 aromatic rings. The van der Waals surface area contributed by atoms with Gasteiger partial charge in [0.05, 0.1) is 0 Å². The number of aryl methyl sites for hydroxylation is 1. The molecule has 0 spiro atoms. The molecule has 0 radical (unpaired) electrons. The van der Waals surface area contributed by atoms with E-state index in [9.17, 15) is 9.59 Å². The van der Waals surface area contributed by atoms with Crippen LogP contribution < -0.4 is 10.1 Å². The van der Waals surface area contributed by atoms with Gasteiger partial charge in [-0.3, -0.25) is 9.59 Å². The van der Waals surface area contributed by atoms with Crippen LogP contribution in [0.1, 0.15) is 30.5 Å². The minimum Gasteiger partial charge on any atom is -0.484 e. The van der Waals surface area contributed by atoms with E-state index in [1.807, 2.05) is 79.7 Å². The normalized spacial score (nSPS) is 11.5. The van der Waals surface area contributed by atoms with Gasteiger partial charge in [0.15, 0.2) is 6.61 Å². The number of nitrogens with one attached hydrogen (secondary N) is 1. The Morgan fingerprint density at radius 2 is 1.59 bits per heavy atom. The highest BCUT2D eigenvalue weighted by Gasteiger charge is 2.30. The molecule has 0 fully saturated rings. The van der Waals surface area contributed by atoms with Crippen molar-refractivity contribution < 1.29 is 14.3 Å². The number of halogens is 1. The molecule has 2 amide bonds. The Balaban J connectivity index is 1.87. The molecule has 6 heteroatoms. The minimum absolute atomic E-state index is 0.180. The molecule has 3 aromatic carbocycles. The summed E-state index contributed by atoms with van der Waals surface area (Å²) in [5, 5.41) is 3.43. The molecule has 1 atom stereocenters. The Labute approximate surface area is 206 Å². The quantitative estimate of drug-likeness (QED) is 0.419. The molecule has 0 saturated carbocycles. The van der Waals surface area contributed by atoms with E-state index in [1.165, 1.54) is 5.56 Å². The molecule has 0 aromatic heterocycles. The average molecular weight is 479 g/mol. The zero-order valence-electron chi connectivity index (χ0n) is 19.7. The Kier molecular flexibility index (Phi) is 9.53. The highest BCUT2D eigenvalue weighted by molar-refractivity contribution is 6.31. The average Bonchev–Trinajstić information content (AvgIpc) is 2.86. The summed E-state index contributed by atoms with van der Waals surface area (Å²) in [6.45, 7) is 4.44. The highest BCUT2D eigenvalue weighted by Crippen LogP contribution is 2.21. The van der Waals surface area contributed by atoms with Crippen molar-refractivity contribution in [2.75, 3.05) is 13.2 Å². The topological polar surface area (TPSA) is 58.6 Å². The van der Waals surface area contributed by atoms with Crippen molar-refractivity contribution in [2.45, 2.75) is 39.3 Å². The van der Waals surface area contributed by atoms with Crippen LogP contribution in [0.25, 0.3) is 0 Å². The predicted octanol–water partition coefficient (Wildman–Crippen LogP) is 5.06. The van der Waals surface area contributed by atoms with Gasteiger partial charge < -0.3 is 15.0 Å². The van der Waals surface area contributed by atoms with Gasteiger partial charge in [0, 0.05) is 24.5 Å². The first-order valence-electron chi connectivity index (χ1n) is 11.6. The number of rotatable bonds is 11. The molecule has 0 bridgehead atoms. The standard InChI is InChI=1S/C28H31ClN2O3/c1-3-21-14-16-24(17-15-21)34-20-27(32)31(19-23-12-8-9-13-25(23)29)26(28(33)30-4-2)18-22-10-6-5-7-11-22/h5-17,26H,3-4,18-20H2,1-2H3,(H,30,33). The van der Waals surface area contributed by atoms with Crippen LogP contribution >= 0.6 is 11.6 Å². The lowest BCUT2D eigenvalue weighted by atomic mass is 10.0. The molecule has 1 unspecified atom stereocenters. The van der Waals surface area contributed by atoms with Crippen LogP contribution in [0.2, 0.25) is 5.02 Å². The van der Waals surface area contributed by atoms with Gasteiger partial charge in [-0.25, -0.2) is 0 Å². The number of benzene rings is 3. The summed E-state index contributed by atoms with van der Waals surface area (Å²) in [5.41, 5.74) is 2.93. The molecule has 0 aliphatic rings. The lowest BCUT2D eigenvalue weighted by molar-refractivity contribution is -0.142. The minimum atomic E-state index is -0.711. The van der Waals surface area contributed by atoms with Crippen LogP contribution in [0.3, 0.4) is 0 Å². The van der Waals surface area contributed by atoms with E-state index in [4.69, 9.17) is 16.3 Å². The summed E-state index contributed by atoms with van der Waals surface area (Å²) in [6, 6.07) is 24.0. The van der Waals surface area contributed by atoms with Gasteiger partial charge in [-0.1, -0.05) is 79.2 Å². The number of amides is 2. The SMILES string of the molecule is CCNC(=O)C(Cc1ccccc1)N(Cc1ccccc1Cl)C(=O)COc1ccc(CC)cc1. The maximum absolute atomic E-state index is 13.5. The number of likely N-dealkylation sites (N-methyl/N-ethyl adjacent to an activating group) is 1. The van der Waals surface area contributed by atoms with E-state index in [2.05, 4.69) is 12.2 Å². The summed E-state index contributed by atoms with van der Waals surface area (Å²) in [6.07, 6.45) is 1.31. The zero-order chi connectivity index (χ0) is 24.3. The number of hydrogen-bond donors (Lipinski definition) is 1. The largest absolute Gasteiger partial charge is 0.484 e. The highest BCUT2D eigenvalue weighted by atomic mass is 35.5. The second kappa shape index (κ2) is 12.8. The van der Waals surface area contributed by atoms with E-state index in [0.29, 0.717) is 23.7 Å². The van der Waals surface area contributed by atoms with Crippen LogP contribution in [-0.4, -0.2) is 35.9 Å². The van der Waals surface area contributed by atoms with Gasteiger partial charge in [-0.05, 0) is 48.2 Å². The van der Waals surface area contributed by atoms with Crippen molar-refractivity contribution in [3.8, 4) is 5.75 Å². The predicted molar refractivity (Wildman–Crippen MR) is 136 cm³/mol. The Morgan fingerprint density at radius 1 is 0.912 bits per heavy atom. The fraction of sp³-hybridized carbons (Fsp3) is 0.286.